The molecule has 3 aromatic carbocycles. The van der Waals surface area contributed by atoms with Crippen molar-refractivity contribution in [3.05, 3.63) is 95.4 Å². The van der Waals surface area contributed by atoms with Crippen LogP contribution in [0.4, 0.5) is 10.1 Å². The van der Waals surface area contributed by atoms with E-state index in [2.05, 4.69) is 29.4 Å². The highest BCUT2D eigenvalue weighted by Crippen LogP contribution is 2.38. The van der Waals surface area contributed by atoms with Crippen LogP contribution in [-0.2, 0) is 0 Å². The van der Waals surface area contributed by atoms with Crippen molar-refractivity contribution in [2.24, 2.45) is 0 Å². The molecule has 0 amide bonds. The normalized spacial score (nSPS) is 12.1. The van der Waals surface area contributed by atoms with E-state index in [0.717, 1.165) is 39.2 Å². The Labute approximate surface area is 157 Å². The summed E-state index contributed by atoms with van der Waals surface area (Å²) in [5, 5.41) is 4.64. The van der Waals surface area contributed by atoms with Crippen molar-refractivity contribution in [3.8, 4) is 5.75 Å². The maximum Gasteiger partial charge on any atom is 0.125 e. The van der Waals surface area contributed by atoms with Crippen LogP contribution in [0.3, 0.4) is 0 Å². The number of para-hydroxylation sites is 2. The van der Waals surface area contributed by atoms with Crippen LogP contribution in [0.15, 0.2) is 72.8 Å². The molecule has 0 aliphatic carbocycles. The monoisotopic (exact) mass is 360 g/mol. The summed E-state index contributed by atoms with van der Waals surface area (Å²) in [6.45, 7) is 2.06. The number of nitrogens with one attached hydrogen (secondary N) is 2. The molecule has 0 spiro atoms. The van der Waals surface area contributed by atoms with Gasteiger partial charge in [0.05, 0.1) is 13.2 Å². The fourth-order valence-electron chi connectivity index (χ4n) is 3.63. The van der Waals surface area contributed by atoms with Gasteiger partial charge in [0, 0.05) is 33.4 Å². The summed E-state index contributed by atoms with van der Waals surface area (Å²) in [7, 11) is 1.67. The van der Waals surface area contributed by atoms with Gasteiger partial charge in [0.1, 0.15) is 11.6 Å². The van der Waals surface area contributed by atoms with Gasteiger partial charge in [0.2, 0.25) is 0 Å². The number of anilines is 1. The Morgan fingerprint density at radius 3 is 2.56 bits per heavy atom. The molecule has 4 rings (SSSR count). The molecule has 0 radical (unpaired) electrons. The predicted molar refractivity (Wildman–Crippen MR) is 108 cm³/mol. The molecule has 4 aromatic rings. The first kappa shape index (κ1) is 17.2. The Morgan fingerprint density at radius 1 is 0.963 bits per heavy atom. The zero-order valence-corrected chi connectivity index (χ0v) is 15.3. The van der Waals surface area contributed by atoms with Gasteiger partial charge in [-0.1, -0.05) is 42.5 Å². The fourth-order valence-corrected chi connectivity index (χ4v) is 3.63. The summed E-state index contributed by atoms with van der Waals surface area (Å²) in [5.41, 5.74) is 4.98. The van der Waals surface area contributed by atoms with Crippen molar-refractivity contribution in [1.29, 1.82) is 0 Å². The second-order valence-electron chi connectivity index (χ2n) is 6.54. The van der Waals surface area contributed by atoms with Crippen LogP contribution in [0.1, 0.15) is 22.9 Å². The highest BCUT2D eigenvalue weighted by molar-refractivity contribution is 5.86. The molecule has 0 aliphatic heterocycles. The minimum atomic E-state index is -0.269. The zero-order chi connectivity index (χ0) is 18.8. The highest BCUT2D eigenvalue weighted by Gasteiger charge is 2.23. The quantitative estimate of drug-likeness (QED) is 0.470. The van der Waals surface area contributed by atoms with Crippen molar-refractivity contribution in [2.75, 3.05) is 12.4 Å². The number of H-pyrrole nitrogens is 1. The molecule has 3 nitrogen and oxygen atoms in total. The van der Waals surface area contributed by atoms with E-state index in [0.29, 0.717) is 0 Å². The van der Waals surface area contributed by atoms with E-state index in [1.165, 1.54) is 12.1 Å². The Bertz CT molecular complexity index is 1090. The molecule has 0 bridgehead atoms. The number of rotatable bonds is 5. The summed E-state index contributed by atoms with van der Waals surface area (Å²) in [6.07, 6.45) is 0. The lowest BCUT2D eigenvalue weighted by molar-refractivity contribution is 0.408. The summed E-state index contributed by atoms with van der Waals surface area (Å²) in [5.74, 6) is 0.519. The van der Waals surface area contributed by atoms with Gasteiger partial charge in [0.25, 0.3) is 0 Å². The lowest BCUT2D eigenvalue weighted by Crippen LogP contribution is -2.14. The van der Waals surface area contributed by atoms with Gasteiger partial charge in [-0.2, -0.15) is 0 Å². The average Bonchev–Trinajstić information content (AvgIpc) is 3.02. The maximum atomic E-state index is 13.8. The van der Waals surface area contributed by atoms with Crippen molar-refractivity contribution < 1.29 is 9.13 Å². The van der Waals surface area contributed by atoms with Gasteiger partial charge in [-0.15, -0.1) is 0 Å². The molecule has 4 heteroatoms. The van der Waals surface area contributed by atoms with Gasteiger partial charge in [-0.25, -0.2) is 4.39 Å². The standard InChI is InChI=1S/C23H21FN2O/c1-15-22(18-10-3-5-12-20(18)25-15)23(19-11-4-6-13-21(19)27-2)26-17-9-7-8-16(24)14-17/h3-14,23,25-26H,1-2H3/t23-/m1/s1. The van der Waals surface area contributed by atoms with Gasteiger partial charge in [0.15, 0.2) is 0 Å². The summed E-state index contributed by atoms with van der Waals surface area (Å²) in [4.78, 5) is 3.46. The Hall–Kier alpha value is -3.27. The van der Waals surface area contributed by atoms with Crippen molar-refractivity contribution in [2.45, 2.75) is 13.0 Å². The number of methoxy groups -OCH3 is 1. The topological polar surface area (TPSA) is 37.0 Å². The molecule has 0 saturated carbocycles. The lowest BCUT2D eigenvalue weighted by Gasteiger charge is -2.23. The first-order chi connectivity index (χ1) is 13.2. The molecule has 1 heterocycles. The number of hydrogen-bond acceptors (Lipinski definition) is 2. The third-order valence-corrected chi connectivity index (χ3v) is 4.82. The van der Waals surface area contributed by atoms with Gasteiger partial charge in [-0.3, -0.25) is 0 Å². The zero-order valence-electron chi connectivity index (χ0n) is 15.3. The van der Waals surface area contributed by atoms with Crippen molar-refractivity contribution >= 4 is 16.6 Å². The number of benzene rings is 3. The number of fused-ring (bicyclic) bond motifs is 1. The number of aromatic amines is 1. The largest absolute Gasteiger partial charge is 0.496 e. The Balaban J connectivity index is 1.91. The second kappa shape index (κ2) is 7.16. The van der Waals surface area contributed by atoms with E-state index in [4.69, 9.17) is 4.74 Å². The molecule has 0 fully saturated rings. The van der Waals surface area contributed by atoms with Crippen LogP contribution < -0.4 is 10.1 Å². The van der Waals surface area contributed by atoms with Gasteiger partial charge >= 0.3 is 0 Å². The molecule has 1 atom stereocenters. The molecular formula is C23H21FN2O. The van der Waals surface area contributed by atoms with Crippen LogP contribution in [-0.4, -0.2) is 12.1 Å². The van der Waals surface area contributed by atoms with E-state index in [-0.39, 0.29) is 11.9 Å². The van der Waals surface area contributed by atoms with Crippen molar-refractivity contribution in [3.63, 3.8) is 0 Å². The van der Waals surface area contributed by atoms with E-state index in [1.54, 1.807) is 13.2 Å². The molecular weight excluding hydrogens is 339 g/mol. The molecule has 0 aliphatic rings. The molecule has 1 aromatic heterocycles. The summed E-state index contributed by atoms with van der Waals surface area (Å²) >= 11 is 0. The van der Waals surface area contributed by atoms with E-state index >= 15 is 0 Å². The first-order valence-corrected chi connectivity index (χ1v) is 8.89. The Kier molecular flexibility index (Phi) is 4.55. The number of aromatic nitrogens is 1. The smallest absolute Gasteiger partial charge is 0.125 e. The lowest BCUT2D eigenvalue weighted by atomic mass is 9.95. The predicted octanol–water partition coefficient (Wildman–Crippen LogP) is 5.83. The minimum absolute atomic E-state index is 0.195. The van der Waals surface area contributed by atoms with Crippen molar-refractivity contribution in [1.82, 2.24) is 4.98 Å². The maximum absolute atomic E-state index is 13.8. The molecule has 0 saturated heterocycles. The molecule has 27 heavy (non-hydrogen) atoms. The number of aryl methyl sites for hydroxylation is 1. The number of ether oxygens (including phenoxy) is 1. The van der Waals surface area contributed by atoms with Gasteiger partial charge < -0.3 is 15.0 Å². The Morgan fingerprint density at radius 2 is 1.74 bits per heavy atom. The molecule has 2 N–H and O–H groups in total. The van der Waals surface area contributed by atoms with E-state index in [1.807, 2.05) is 42.5 Å². The third kappa shape index (κ3) is 3.26. The minimum Gasteiger partial charge on any atom is -0.496 e. The van der Waals surface area contributed by atoms with Crippen LogP contribution in [0, 0.1) is 12.7 Å². The SMILES string of the molecule is COc1ccccc1[C@@H](Nc1cccc(F)c1)c1c(C)[nH]c2ccccc12. The van der Waals surface area contributed by atoms with Crippen LogP contribution in [0.5, 0.6) is 5.75 Å². The third-order valence-electron chi connectivity index (χ3n) is 4.82. The summed E-state index contributed by atoms with van der Waals surface area (Å²) < 4.78 is 19.4. The summed E-state index contributed by atoms with van der Waals surface area (Å²) in [6, 6.07) is 22.5. The second-order valence-corrected chi connectivity index (χ2v) is 6.54. The van der Waals surface area contributed by atoms with Crippen LogP contribution in [0.2, 0.25) is 0 Å². The molecule has 0 unspecified atom stereocenters. The van der Waals surface area contributed by atoms with Crippen LogP contribution in [0.25, 0.3) is 10.9 Å². The van der Waals surface area contributed by atoms with E-state index < -0.39 is 0 Å². The van der Waals surface area contributed by atoms with E-state index in [9.17, 15) is 4.39 Å². The highest BCUT2D eigenvalue weighted by atomic mass is 19.1. The number of halogens is 1. The average molecular weight is 360 g/mol. The van der Waals surface area contributed by atoms with Gasteiger partial charge in [-0.05, 0) is 37.3 Å². The molecule has 136 valence electrons. The number of hydrogen-bond donors (Lipinski definition) is 2. The fraction of sp³-hybridized carbons (Fsp3) is 0.130. The first-order valence-electron chi connectivity index (χ1n) is 8.89. The van der Waals surface area contributed by atoms with Crippen LogP contribution >= 0.6 is 0 Å².